The molecule has 1 aromatic carbocycles. The smallest absolute Gasteiger partial charge is 0.311 e. The van der Waals surface area contributed by atoms with Gasteiger partial charge in [0.2, 0.25) is 0 Å². The lowest BCUT2D eigenvalue weighted by molar-refractivity contribution is -0.134. The fraction of sp³-hybridized carbons (Fsp3) is 0.720. The van der Waals surface area contributed by atoms with Crippen molar-refractivity contribution >= 4 is 5.97 Å². The molecule has 0 fully saturated rings. The van der Waals surface area contributed by atoms with E-state index in [1.54, 1.807) is 0 Å². The lowest BCUT2D eigenvalue weighted by atomic mass is 9.79. The van der Waals surface area contributed by atoms with Crippen molar-refractivity contribution in [2.45, 2.75) is 117 Å². The summed E-state index contributed by atoms with van der Waals surface area (Å²) >= 11 is 0. The van der Waals surface area contributed by atoms with E-state index in [0.29, 0.717) is 17.9 Å². The molecule has 0 saturated carbocycles. The maximum Gasteiger partial charge on any atom is 0.311 e. The Hall–Kier alpha value is -1.51. The number of aromatic hydroxyl groups is 1. The van der Waals surface area contributed by atoms with Crippen molar-refractivity contribution in [3.8, 4) is 11.5 Å². The first-order valence-electron chi connectivity index (χ1n) is 11.1. The van der Waals surface area contributed by atoms with Crippen LogP contribution in [-0.4, -0.2) is 11.1 Å². The van der Waals surface area contributed by atoms with Crippen molar-refractivity contribution in [2.24, 2.45) is 0 Å². The standard InChI is InChI=1S/C25H42O3/c1-8-9-10-11-12-13-14-15-16-22(26)28-19-17-20(24(2,3)4)23(27)21(18-19)25(5,6)7/h17-18,27H,8-16H2,1-7H3. The number of carbonyl (C=O) groups excluding carboxylic acids is 1. The van der Waals surface area contributed by atoms with E-state index in [9.17, 15) is 9.90 Å². The van der Waals surface area contributed by atoms with Gasteiger partial charge in [-0.3, -0.25) is 4.79 Å². The van der Waals surface area contributed by atoms with E-state index < -0.39 is 0 Å². The lowest BCUT2D eigenvalue weighted by Crippen LogP contribution is -2.18. The second kappa shape index (κ2) is 10.9. The number of ether oxygens (including phenoxy) is 1. The summed E-state index contributed by atoms with van der Waals surface area (Å²) in [5.74, 6) is 0.663. The van der Waals surface area contributed by atoms with E-state index in [0.717, 1.165) is 24.0 Å². The van der Waals surface area contributed by atoms with Crippen LogP contribution in [0.25, 0.3) is 0 Å². The van der Waals surface area contributed by atoms with Crippen LogP contribution >= 0.6 is 0 Å². The van der Waals surface area contributed by atoms with Crippen LogP contribution in [-0.2, 0) is 15.6 Å². The predicted molar refractivity (Wildman–Crippen MR) is 118 cm³/mol. The fourth-order valence-electron chi connectivity index (χ4n) is 3.40. The first-order chi connectivity index (χ1) is 13.0. The highest BCUT2D eigenvalue weighted by Crippen LogP contribution is 2.41. The van der Waals surface area contributed by atoms with Crippen molar-refractivity contribution < 1.29 is 14.6 Å². The molecule has 1 rings (SSSR count). The summed E-state index contributed by atoms with van der Waals surface area (Å²) in [7, 11) is 0. The minimum atomic E-state index is -0.232. The molecule has 0 aliphatic rings. The molecular weight excluding hydrogens is 348 g/mol. The molecule has 0 saturated heterocycles. The number of carbonyl (C=O) groups is 1. The quantitative estimate of drug-likeness (QED) is 0.257. The highest BCUT2D eigenvalue weighted by atomic mass is 16.5. The topological polar surface area (TPSA) is 46.5 Å². The van der Waals surface area contributed by atoms with Crippen LogP contribution in [0.4, 0.5) is 0 Å². The molecule has 0 unspecified atom stereocenters. The summed E-state index contributed by atoms with van der Waals surface area (Å²) in [5.41, 5.74) is 1.17. The molecule has 0 heterocycles. The number of rotatable bonds is 10. The summed E-state index contributed by atoms with van der Waals surface area (Å²) in [6, 6.07) is 3.63. The Morgan fingerprint density at radius 3 is 1.68 bits per heavy atom. The third-order valence-corrected chi connectivity index (χ3v) is 5.17. The highest BCUT2D eigenvalue weighted by Gasteiger charge is 2.27. The van der Waals surface area contributed by atoms with Gasteiger partial charge >= 0.3 is 5.97 Å². The summed E-state index contributed by atoms with van der Waals surface area (Å²) in [5, 5.41) is 10.8. The van der Waals surface area contributed by atoms with Crippen LogP contribution in [0, 0.1) is 0 Å². The zero-order valence-electron chi connectivity index (χ0n) is 19.3. The van der Waals surface area contributed by atoms with Crippen LogP contribution in [0.15, 0.2) is 12.1 Å². The van der Waals surface area contributed by atoms with Crippen LogP contribution < -0.4 is 4.74 Å². The van der Waals surface area contributed by atoms with Crippen molar-refractivity contribution in [1.82, 2.24) is 0 Å². The first-order valence-corrected chi connectivity index (χ1v) is 11.1. The third kappa shape index (κ3) is 8.24. The van der Waals surface area contributed by atoms with Crippen LogP contribution in [0.3, 0.4) is 0 Å². The Bertz CT molecular complexity index is 583. The number of hydrogen-bond acceptors (Lipinski definition) is 3. The molecule has 1 N–H and O–H groups in total. The molecule has 0 bridgehead atoms. The maximum atomic E-state index is 12.3. The van der Waals surface area contributed by atoms with Crippen LogP contribution in [0.1, 0.15) is 117 Å². The van der Waals surface area contributed by atoms with Crippen molar-refractivity contribution in [3.63, 3.8) is 0 Å². The van der Waals surface area contributed by atoms with Gasteiger partial charge in [0.15, 0.2) is 0 Å². The Morgan fingerprint density at radius 1 is 0.821 bits per heavy atom. The molecule has 0 amide bonds. The summed E-state index contributed by atoms with van der Waals surface area (Å²) in [4.78, 5) is 12.3. The fourth-order valence-corrected chi connectivity index (χ4v) is 3.40. The molecule has 3 heteroatoms. The van der Waals surface area contributed by atoms with E-state index in [1.165, 1.54) is 38.5 Å². The molecule has 0 aliphatic carbocycles. The molecule has 1 aromatic rings. The second-order valence-electron chi connectivity index (χ2n) is 10.1. The van der Waals surface area contributed by atoms with Crippen molar-refractivity contribution in [2.75, 3.05) is 0 Å². The van der Waals surface area contributed by atoms with E-state index in [-0.39, 0.29) is 16.8 Å². The van der Waals surface area contributed by atoms with Gasteiger partial charge in [0.1, 0.15) is 11.5 Å². The minimum absolute atomic E-state index is 0.184. The number of phenols is 1. The highest BCUT2D eigenvalue weighted by molar-refractivity contribution is 5.72. The predicted octanol–water partition coefficient (Wildman–Crippen LogP) is 7.42. The summed E-state index contributed by atoms with van der Waals surface area (Å²) in [6.07, 6.45) is 10.1. The Labute approximate surface area is 172 Å². The van der Waals surface area contributed by atoms with Gasteiger partial charge in [-0.2, -0.15) is 0 Å². The molecule has 160 valence electrons. The molecule has 0 radical (unpaired) electrons. The van der Waals surface area contributed by atoms with E-state index >= 15 is 0 Å². The van der Waals surface area contributed by atoms with Gasteiger partial charge < -0.3 is 9.84 Å². The normalized spacial score (nSPS) is 12.2. The molecule has 0 atom stereocenters. The van der Waals surface area contributed by atoms with Gasteiger partial charge in [0.05, 0.1) is 0 Å². The van der Waals surface area contributed by atoms with Gasteiger partial charge in [-0.15, -0.1) is 0 Å². The van der Waals surface area contributed by atoms with Gasteiger partial charge in [0, 0.05) is 17.5 Å². The van der Waals surface area contributed by atoms with Crippen molar-refractivity contribution in [3.05, 3.63) is 23.3 Å². The van der Waals surface area contributed by atoms with Crippen LogP contribution in [0.5, 0.6) is 11.5 Å². The van der Waals surface area contributed by atoms with Gasteiger partial charge in [-0.1, -0.05) is 93.4 Å². The maximum absolute atomic E-state index is 12.3. The van der Waals surface area contributed by atoms with Gasteiger partial charge in [-0.05, 0) is 29.4 Å². The number of benzene rings is 1. The number of hydrogen-bond donors (Lipinski definition) is 1. The molecule has 0 aliphatic heterocycles. The number of unbranched alkanes of at least 4 members (excludes halogenated alkanes) is 7. The number of esters is 1. The van der Waals surface area contributed by atoms with Crippen LogP contribution in [0.2, 0.25) is 0 Å². The van der Waals surface area contributed by atoms with E-state index in [4.69, 9.17) is 4.74 Å². The monoisotopic (exact) mass is 390 g/mol. The van der Waals surface area contributed by atoms with Crippen molar-refractivity contribution in [1.29, 1.82) is 0 Å². The first kappa shape index (κ1) is 24.5. The largest absolute Gasteiger partial charge is 0.507 e. The molecule has 28 heavy (non-hydrogen) atoms. The minimum Gasteiger partial charge on any atom is -0.507 e. The Balaban J connectivity index is 2.67. The molecular formula is C25H42O3. The van der Waals surface area contributed by atoms with Gasteiger partial charge in [-0.25, -0.2) is 0 Å². The summed E-state index contributed by atoms with van der Waals surface area (Å²) in [6.45, 7) is 14.6. The molecule has 3 nitrogen and oxygen atoms in total. The zero-order valence-corrected chi connectivity index (χ0v) is 19.3. The van der Waals surface area contributed by atoms with E-state index in [2.05, 4.69) is 48.5 Å². The second-order valence-corrected chi connectivity index (χ2v) is 10.1. The Kier molecular flexibility index (Phi) is 9.53. The average molecular weight is 391 g/mol. The third-order valence-electron chi connectivity index (χ3n) is 5.17. The Morgan fingerprint density at radius 2 is 1.25 bits per heavy atom. The summed E-state index contributed by atoms with van der Waals surface area (Å²) < 4.78 is 5.65. The van der Waals surface area contributed by atoms with E-state index in [1.807, 2.05) is 12.1 Å². The zero-order chi connectivity index (χ0) is 21.4. The lowest BCUT2D eigenvalue weighted by Gasteiger charge is -2.27. The SMILES string of the molecule is CCCCCCCCCCC(=O)Oc1cc(C(C)(C)C)c(O)c(C(C)(C)C)c1. The molecule has 0 spiro atoms. The molecule has 0 aromatic heterocycles. The number of phenolic OH excluding ortho intramolecular Hbond substituents is 1. The average Bonchev–Trinajstić information content (AvgIpc) is 2.56. The van der Waals surface area contributed by atoms with Gasteiger partial charge in [0.25, 0.3) is 0 Å².